The van der Waals surface area contributed by atoms with E-state index in [0.29, 0.717) is 17.1 Å². The van der Waals surface area contributed by atoms with Gasteiger partial charge in [-0.25, -0.2) is 33.5 Å². The second kappa shape index (κ2) is 9.61. The summed E-state index contributed by atoms with van der Waals surface area (Å²) in [7, 11) is 0. The molecule has 10 nitrogen and oxygen atoms in total. The first kappa shape index (κ1) is 25.7. The summed E-state index contributed by atoms with van der Waals surface area (Å²) in [6.45, 7) is 11.9. The van der Waals surface area contributed by atoms with Crippen molar-refractivity contribution in [3.05, 3.63) is 45.2 Å². The molecule has 3 aromatic heterocycles. The smallest absolute Gasteiger partial charge is 0.407 e. The summed E-state index contributed by atoms with van der Waals surface area (Å²) in [5.74, 6) is -0.626. The molecule has 0 bridgehead atoms. The summed E-state index contributed by atoms with van der Waals surface area (Å²) < 4.78 is 16.1. The van der Waals surface area contributed by atoms with Crippen molar-refractivity contribution in [3.63, 3.8) is 0 Å². The lowest BCUT2D eigenvalue weighted by molar-refractivity contribution is 0.114. The first-order chi connectivity index (χ1) is 16.9. The number of rotatable bonds is 4. The Kier molecular flexibility index (Phi) is 6.87. The maximum atomic E-state index is 14.7. The fourth-order valence-corrected chi connectivity index (χ4v) is 4.81. The van der Waals surface area contributed by atoms with Crippen LogP contribution in [0.25, 0.3) is 16.7 Å². The molecule has 0 spiro atoms. The van der Waals surface area contributed by atoms with Crippen molar-refractivity contribution in [2.45, 2.75) is 65.5 Å². The highest BCUT2D eigenvalue weighted by Crippen LogP contribution is 2.33. The number of fused-ring (bicyclic) bond motifs is 1. The molecule has 2 atom stereocenters. The number of pyridine rings is 1. The second-order valence-corrected chi connectivity index (χ2v) is 10.1. The van der Waals surface area contributed by atoms with E-state index < -0.39 is 17.6 Å². The van der Waals surface area contributed by atoms with Crippen LogP contribution in [0.5, 0.6) is 0 Å². The molecule has 36 heavy (non-hydrogen) atoms. The molecule has 4 heterocycles. The van der Waals surface area contributed by atoms with E-state index in [1.807, 2.05) is 39.5 Å². The zero-order chi connectivity index (χ0) is 26.5. The Morgan fingerprint density at radius 3 is 2.25 bits per heavy atom. The maximum absolute atomic E-state index is 14.7. The number of hydrogen-bond acceptors (Lipinski definition) is 7. The van der Waals surface area contributed by atoms with Gasteiger partial charge in [0.05, 0.1) is 22.5 Å². The average Bonchev–Trinajstić information content (AvgIpc) is 2.80. The van der Waals surface area contributed by atoms with Crippen molar-refractivity contribution in [3.8, 4) is 5.69 Å². The van der Waals surface area contributed by atoms with Crippen molar-refractivity contribution in [1.82, 2.24) is 29.4 Å². The third kappa shape index (κ3) is 4.36. The van der Waals surface area contributed by atoms with Gasteiger partial charge in [0, 0.05) is 25.2 Å². The molecule has 1 amide bonds. The van der Waals surface area contributed by atoms with Crippen LogP contribution in [0.1, 0.15) is 64.8 Å². The van der Waals surface area contributed by atoms with Crippen molar-refractivity contribution in [2.75, 3.05) is 18.0 Å². The number of amides is 1. The van der Waals surface area contributed by atoms with Gasteiger partial charge in [-0.3, -0.25) is 0 Å². The van der Waals surface area contributed by atoms with E-state index >= 15 is 0 Å². The Balaban J connectivity index is 2.04. The van der Waals surface area contributed by atoms with E-state index in [4.69, 9.17) is 11.6 Å². The summed E-state index contributed by atoms with van der Waals surface area (Å²) in [4.78, 5) is 46.0. The zero-order valence-corrected chi connectivity index (χ0v) is 21.8. The number of halogens is 2. The third-order valence-electron chi connectivity index (χ3n) is 6.46. The van der Waals surface area contributed by atoms with Gasteiger partial charge in [-0.2, -0.15) is 4.98 Å². The quantitative estimate of drug-likeness (QED) is 0.512. The SMILES string of the molecule is CC(C)c1ncnc(C(C)C)c1-n1c(=O)nc(N2CC(C)N(C(=O)O)CC2C)c2cc(F)c(Cl)nc21. The molecule has 2 unspecified atom stereocenters. The van der Waals surface area contributed by atoms with E-state index in [1.54, 1.807) is 6.92 Å². The molecule has 192 valence electrons. The van der Waals surface area contributed by atoms with Crippen LogP contribution >= 0.6 is 11.6 Å². The molecule has 0 aromatic carbocycles. The lowest BCUT2D eigenvalue weighted by atomic mass is 10.0. The van der Waals surface area contributed by atoms with Crippen LogP contribution in [0.3, 0.4) is 0 Å². The van der Waals surface area contributed by atoms with Gasteiger partial charge >= 0.3 is 11.8 Å². The number of hydrogen-bond donors (Lipinski definition) is 1. The molecule has 1 N–H and O–H groups in total. The summed E-state index contributed by atoms with van der Waals surface area (Å²) in [6.07, 6.45) is 0.446. The Bertz CT molecular complexity index is 1370. The predicted octanol–water partition coefficient (Wildman–Crippen LogP) is 4.19. The third-order valence-corrected chi connectivity index (χ3v) is 6.72. The minimum atomic E-state index is -1.02. The van der Waals surface area contributed by atoms with Gasteiger partial charge in [0.1, 0.15) is 12.1 Å². The lowest BCUT2D eigenvalue weighted by Gasteiger charge is -2.43. The van der Waals surface area contributed by atoms with Gasteiger partial charge in [0.25, 0.3) is 0 Å². The van der Waals surface area contributed by atoms with Crippen molar-refractivity contribution >= 4 is 34.5 Å². The zero-order valence-electron chi connectivity index (χ0n) is 21.0. The lowest BCUT2D eigenvalue weighted by Crippen LogP contribution is -2.58. The maximum Gasteiger partial charge on any atom is 0.407 e. The highest BCUT2D eigenvalue weighted by atomic mass is 35.5. The number of carboxylic acid groups (broad SMARTS) is 1. The molecule has 1 saturated heterocycles. The molecule has 1 aliphatic heterocycles. The van der Waals surface area contributed by atoms with Crippen LogP contribution < -0.4 is 10.6 Å². The van der Waals surface area contributed by atoms with E-state index in [-0.39, 0.29) is 59.0 Å². The fraction of sp³-hybridized carbons (Fsp3) is 0.500. The Morgan fingerprint density at radius 2 is 1.69 bits per heavy atom. The second-order valence-electron chi connectivity index (χ2n) is 9.77. The highest BCUT2D eigenvalue weighted by molar-refractivity contribution is 6.30. The molecule has 0 radical (unpaired) electrons. The highest BCUT2D eigenvalue weighted by Gasteiger charge is 2.35. The summed E-state index contributed by atoms with van der Waals surface area (Å²) in [6, 6.07) is 0.530. The Hall–Kier alpha value is -3.34. The van der Waals surface area contributed by atoms with Crippen molar-refractivity contribution in [1.29, 1.82) is 0 Å². The van der Waals surface area contributed by atoms with Gasteiger partial charge in [-0.05, 0) is 31.7 Å². The molecular formula is C24H29ClFN7O3. The van der Waals surface area contributed by atoms with Crippen molar-refractivity contribution in [2.24, 2.45) is 0 Å². The van der Waals surface area contributed by atoms with E-state index in [0.717, 1.165) is 0 Å². The molecular weight excluding hydrogens is 489 g/mol. The van der Waals surface area contributed by atoms with Crippen LogP contribution in [-0.2, 0) is 0 Å². The minimum absolute atomic E-state index is 0.0528. The average molecular weight is 518 g/mol. The van der Waals surface area contributed by atoms with Crippen LogP contribution in [0.4, 0.5) is 15.0 Å². The van der Waals surface area contributed by atoms with E-state index in [1.165, 1.54) is 21.9 Å². The summed E-state index contributed by atoms with van der Waals surface area (Å²) >= 11 is 6.11. The van der Waals surface area contributed by atoms with Crippen LogP contribution in [0, 0.1) is 5.82 Å². The van der Waals surface area contributed by atoms with Crippen LogP contribution in [0.15, 0.2) is 17.2 Å². The van der Waals surface area contributed by atoms with Gasteiger partial charge in [0.15, 0.2) is 16.6 Å². The predicted molar refractivity (Wildman–Crippen MR) is 135 cm³/mol. The van der Waals surface area contributed by atoms with Gasteiger partial charge < -0.3 is 14.9 Å². The van der Waals surface area contributed by atoms with Crippen molar-refractivity contribution < 1.29 is 14.3 Å². The van der Waals surface area contributed by atoms with Gasteiger partial charge in [0.2, 0.25) is 0 Å². The van der Waals surface area contributed by atoms with Crippen LogP contribution in [-0.4, -0.2) is 65.8 Å². The number of anilines is 1. The number of piperazine rings is 1. The van der Waals surface area contributed by atoms with Gasteiger partial charge in [-0.1, -0.05) is 39.3 Å². The number of nitrogens with zero attached hydrogens (tertiary/aromatic N) is 7. The van der Waals surface area contributed by atoms with E-state index in [9.17, 15) is 19.1 Å². The number of carbonyl (C=O) groups is 1. The minimum Gasteiger partial charge on any atom is -0.465 e. The van der Waals surface area contributed by atoms with Crippen LogP contribution in [0.2, 0.25) is 5.15 Å². The number of aromatic nitrogens is 5. The molecule has 0 aliphatic carbocycles. The molecule has 12 heteroatoms. The molecule has 3 aromatic rings. The van der Waals surface area contributed by atoms with E-state index in [2.05, 4.69) is 19.9 Å². The Morgan fingerprint density at radius 1 is 1.08 bits per heavy atom. The summed E-state index contributed by atoms with van der Waals surface area (Å²) in [5, 5.41) is 9.43. The largest absolute Gasteiger partial charge is 0.465 e. The normalized spacial score (nSPS) is 18.5. The molecule has 4 rings (SSSR count). The monoisotopic (exact) mass is 517 g/mol. The molecule has 1 fully saturated rings. The fourth-order valence-electron chi connectivity index (χ4n) is 4.67. The molecule has 1 aliphatic rings. The first-order valence-electron chi connectivity index (χ1n) is 11.8. The first-order valence-corrected chi connectivity index (χ1v) is 12.2. The topological polar surface area (TPSA) is 117 Å². The summed E-state index contributed by atoms with van der Waals surface area (Å²) in [5.41, 5.74) is 1.23. The standard InChI is InChI=1S/C24H29ClFN7O3/c1-11(2)17-19(18(12(3)4)28-10-27-17)33-22-15(7-16(26)20(25)29-22)21(30-23(33)34)31-8-14(6)32(24(35)36)9-13(31)5/h7,10-14H,8-9H2,1-6H3,(H,35,36). The van der Waals surface area contributed by atoms with Gasteiger partial charge in [-0.15, -0.1) is 0 Å². The molecule has 0 saturated carbocycles. The Labute approximate surface area is 212 Å².